The third kappa shape index (κ3) is 8.30. The van der Waals surface area contributed by atoms with Gasteiger partial charge in [0.25, 0.3) is 0 Å². The van der Waals surface area contributed by atoms with Crippen molar-refractivity contribution in [2.45, 2.75) is 42.7 Å². The fraction of sp³-hybridized carbons (Fsp3) is 0.232. The van der Waals surface area contributed by atoms with Crippen LogP contribution in [-0.4, -0.2) is 98.4 Å². The van der Waals surface area contributed by atoms with Crippen LogP contribution < -0.4 is 15.0 Å². The van der Waals surface area contributed by atoms with Crippen molar-refractivity contribution in [2.24, 2.45) is 5.92 Å². The Kier molecular flexibility index (Phi) is 12.7. The van der Waals surface area contributed by atoms with Gasteiger partial charge in [-0.15, -0.1) is 5.10 Å². The zero-order valence-corrected chi connectivity index (χ0v) is 39.5. The van der Waals surface area contributed by atoms with E-state index in [-0.39, 0.29) is 50.8 Å². The van der Waals surface area contributed by atoms with Gasteiger partial charge in [-0.25, -0.2) is 19.4 Å². The van der Waals surface area contributed by atoms with Crippen molar-refractivity contribution in [3.05, 3.63) is 185 Å². The Morgan fingerprint density at radius 1 is 0.808 bits per heavy atom. The number of carbonyl (C=O) groups excluding carboxylic acids is 4. The predicted octanol–water partition coefficient (Wildman–Crippen LogP) is 6.50. The molecule has 17 heteroatoms. The number of hydrogen-bond acceptors (Lipinski definition) is 13. The van der Waals surface area contributed by atoms with Crippen LogP contribution in [-0.2, 0) is 47.1 Å². The number of amides is 3. The highest BCUT2D eigenvalue weighted by Crippen LogP contribution is 2.66. The van der Waals surface area contributed by atoms with Crippen molar-refractivity contribution in [1.29, 1.82) is 0 Å². The number of nitrogens with zero attached hydrogens (tertiary/aromatic N) is 6. The van der Waals surface area contributed by atoms with Gasteiger partial charge in [0.1, 0.15) is 54.4 Å². The highest BCUT2D eigenvalue weighted by atomic mass is 16.6. The monoisotopic (exact) mass is 976 g/mol. The molecule has 3 aliphatic rings. The molecular weight excluding hydrogens is 929 g/mol. The Morgan fingerprint density at radius 2 is 1.53 bits per heavy atom. The first kappa shape index (κ1) is 46.7. The van der Waals surface area contributed by atoms with Crippen molar-refractivity contribution >= 4 is 51.6 Å². The molecule has 3 N–H and O–H groups in total. The molecule has 2 saturated heterocycles. The number of methoxy groups -OCH3 is 1. The molecule has 17 nitrogen and oxygen atoms in total. The van der Waals surface area contributed by atoms with Crippen LogP contribution >= 0.6 is 0 Å². The van der Waals surface area contributed by atoms with Crippen LogP contribution in [0.3, 0.4) is 0 Å². The van der Waals surface area contributed by atoms with Crippen LogP contribution in [0.25, 0.3) is 22.1 Å². The van der Waals surface area contributed by atoms with Gasteiger partial charge in [-0.2, -0.15) is 0 Å². The predicted molar refractivity (Wildman–Crippen MR) is 267 cm³/mol. The van der Waals surface area contributed by atoms with E-state index in [1.165, 1.54) is 7.11 Å². The minimum absolute atomic E-state index is 0.0258. The smallest absolute Gasteiger partial charge is 0.421 e. The summed E-state index contributed by atoms with van der Waals surface area (Å²) >= 11 is 0. The number of imidazole rings is 1. The molecule has 6 atom stereocenters. The van der Waals surface area contributed by atoms with Crippen molar-refractivity contribution in [3.8, 4) is 17.6 Å². The summed E-state index contributed by atoms with van der Waals surface area (Å²) in [5, 5.41) is 21.3. The number of hydrogen-bond donors (Lipinski definition) is 3. The molecule has 6 aromatic carbocycles. The van der Waals surface area contributed by atoms with Crippen LogP contribution in [0.15, 0.2) is 152 Å². The van der Waals surface area contributed by atoms with E-state index >= 15 is 14.4 Å². The van der Waals surface area contributed by atoms with E-state index in [4.69, 9.17) is 23.9 Å². The van der Waals surface area contributed by atoms with Crippen molar-refractivity contribution in [3.63, 3.8) is 0 Å². The van der Waals surface area contributed by atoms with Gasteiger partial charge in [0.15, 0.2) is 0 Å². The number of esters is 1. The summed E-state index contributed by atoms with van der Waals surface area (Å²) in [5.74, 6) is 3.52. The number of fused-ring (bicyclic) bond motifs is 5. The van der Waals surface area contributed by atoms with Crippen molar-refractivity contribution in [1.82, 2.24) is 35.2 Å². The van der Waals surface area contributed by atoms with Crippen LogP contribution in [0.4, 0.5) is 10.5 Å². The maximum Gasteiger partial charge on any atom is 0.421 e. The van der Waals surface area contributed by atoms with E-state index < -0.39 is 59.4 Å². The lowest BCUT2D eigenvalue weighted by molar-refractivity contribution is -0.178. The van der Waals surface area contributed by atoms with E-state index in [0.29, 0.717) is 39.3 Å². The fourth-order valence-corrected chi connectivity index (χ4v) is 10.8. The SMILES string of the molecule is COCCOC(=O)N1C(=O)[C@@]2(c3cc(C#CCn4nnc5ccccc54)ccc31)[C@H](C(=O)NCc1nc3ccccc3[nH]1)[C@H]1C(=O)O[C@H](c3ccccc3)[C@H](c3ccccc3)N1[C@@H]2c1ccc(OCCO)cc1. The van der Waals surface area contributed by atoms with Gasteiger partial charge in [0.05, 0.1) is 60.0 Å². The maximum atomic E-state index is 16.5. The van der Waals surface area contributed by atoms with Crippen LogP contribution in [0, 0.1) is 17.8 Å². The molecule has 5 heterocycles. The molecule has 11 rings (SSSR count). The molecule has 8 aromatic rings. The highest BCUT2D eigenvalue weighted by Gasteiger charge is 2.75. The average Bonchev–Trinajstić information content (AvgIpc) is 4.19. The maximum absolute atomic E-state index is 16.5. The first-order chi connectivity index (χ1) is 35.8. The molecule has 2 aromatic heterocycles. The summed E-state index contributed by atoms with van der Waals surface area (Å²) in [6.45, 7) is -0.276. The standard InChI is InChI=1S/C56H48N8O9/c1-70-31-32-72-55(69)63-44-27-22-35(13-12-28-62-45-21-11-10-20-43(45)60-61-62)33-40(44)56(54(63)68)47(52(66)57-34-46-58-41-18-8-9-19-42(41)59-46)49-53(67)73-50(37-16-6-3-7-17-37)48(36-14-4-2-5-15-36)64(49)51(56)38-23-25-39(26-24-38)71-30-29-65/h2-11,14-27,33,47-51,65H,28-32,34H2,1H3,(H,57,66)(H,58,59)/t47-,48-,49-,50+,51+,56-/m0/s1. The van der Waals surface area contributed by atoms with E-state index in [0.717, 1.165) is 21.5 Å². The number of aromatic nitrogens is 5. The Labute approximate surface area is 418 Å². The first-order valence-corrected chi connectivity index (χ1v) is 23.8. The minimum atomic E-state index is -2.08. The number of para-hydroxylation sites is 3. The molecule has 0 radical (unpaired) electrons. The van der Waals surface area contributed by atoms with E-state index in [1.54, 1.807) is 47.1 Å². The summed E-state index contributed by atoms with van der Waals surface area (Å²) in [6.07, 6.45) is -1.94. The molecule has 3 aliphatic heterocycles. The van der Waals surface area contributed by atoms with Crippen molar-refractivity contribution in [2.75, 3.05) is 38.4 Å². The fourth-order valence-electron chi connectivity index (χ4n) is 10.8. The van der Waals surface area contributed by atoms with Crippen LogP contribution in [0.1, 0.15) is 51.8 Å². The molecule has 3 amide bonds. The number of H-pyrrole nitrogens is 1. The van der Waals surface area contributed by atoms with Gasteiger partial charge < -0.3 is 34.4 Å². The van der Waals surface area contributed by atoms with Gasteiger partial charge in [0, 0.05) is 12.7 Å². The summed E-state index contributed by atoms with van der Waals surface area (Å²) in [6, 6.07) is 42.4. The Balaban J connectivity index is 1.15. The Hall–Kier alpha value is -8.69. The molecule has 2 fully saturated rings. The number of rotatable bonds is 13. The van der Waals surface area contributed by atoms with Gasteiger partial charge in [0.2, 0.25) is 11.8 Å². The minimum Gasteiger partial charge on any atom is -0.491 e. The Bertz CT molecular complexity index is 3390. The first-order valence-electron chi connectivity index (χ1n) is 23.8. The second kappa shape index (κ2) is 19.8. The lowest BCUT2D eigenvalue weighted by atomic mass is 9.65. The van der Waals surface area contributed by atoms with Crippen molar-refractivity contribution < 1.29 is 43.2 Å². The second-order valence-corrected chi connectivity index (χ2v) is 17.8. The number of aliphatic hydroxyl groups is 1. The number of aromatic amines is 1. The third-order valence-corrected chi connectivity index (χ3v) is 13.7. The number of benzene rings is 6. The normalized spacial score (nSPS) is 21.1. The lowest BCUT2D eigenvalue weighted by Crippen LogP contribution is -2.55. The summed E-state index contributed by atoms with van der Waals surface area (Å²) < 4.78 is 25.1. The quantitative estimate of drug-likeness (QED) is 0.0643. The number of carbonyl (C=O) groups is 4. The van der Waals surface area contributed by atoms with Gasteiger partial charge in [-0.3, -0.25) is 19.3 Å². The number of aliphatic hydroxyl groups excluding tert-OH is 1. The summed E-state index contributed by atoms with van der Waals surface area (Å²) in [4.78, 5) is 73.4. The molecule has 1 spiro atoms. The molecular formula is C56H48N8O9. The molecule has 0 saturated carbocycles. The molecule has 366 valence electrons. The summed E-state index contributed by atoms with van der Waals surface area (Å²) in [7, 11) is 1.46. The number of cyclic esters (lactones) is 1. The third-order valence-electron chi connectivity index (χ3n) is 13.7. The van der Waals surface area contributed by atoms with Gasteiger partial charge in [-0.1, -0.05) is 114 Å². The average molecular weight is 977 g/mol. The van der Waals surface area contributed by atoms with E-state index in [2.05, 4.69) is 32.5 Å². The second-order valence-electron chi connectivity index (χ2n) is 17.8. The topological polar surface area (TPSA) is 203 Å². The number of nitrogens with one attached hydrogen (secondary N) is 2. The molecule has 0 bridgehead atoms. The van der Waals surface area contributed by atoms with E-state index in [9.17, 15) is 9.90 Å². The molecule has 0 aliphatic carbocycles. The lowest BCUT2D eigenvalue weighted by Gasteiger charge is -2.46. The van der Waals surface area contributed by atoms with Crippen LogP contribution in [0.2, 0.25) is 0 Å². The zero-order valence-electron chi connectivity index (χ0n) is 39.5. The highest BCUT2D eigenvalue weighted by molar-refractivity contribution is 6.23. The molecule has 73 heavy (non-hydrogen) atoms. The van der Waals surface area contributed by atoms with Crippen LogP contribution in [0.5, 0.6) is 5.75 Å². The summed E-state index contributed by atoms with van der Waals surface area (Å²) in [5.41, 5.74) is 3.65. The Morgan fingerprint density at radius 3 is 2.29 bits per heavy atom. The molecule has 0 unspecified atom stereocenters. The largest absolute Gasteiger partial charge is 0.491 e. The number of ether oxygens (including phenoxy) is 4. The number of anilines is 1. The van der Waals surface area contributed by atoms with Gasteiger partial charge in [-0.05, 0) is 76.9 Å². The number of morpholine rings is 1. The zero-order chi connectivity index (χ0) is 50.1. The van der Waals surface area contributed by atoms with Gasteiger partial charge >= 0.3 is 12.1 Å². The number of imide groups is 1. The van der Waals surface area contributed by atoms with E-state index in [1.807, 2.05) is 114 Å².